The van der Waals surface area contributed by atoms with Gasteiger partial charge in [0.05, 0.1) is 6.20 Å². The van der Waals surface area contributed by atoms with E-state index < -0.39 is 17.8 Å². The molecule has 0 bridgehead atoms. The second kappa shape index (κ2) is 12.4. The number of carbonyl (C=O) groups is 1. The van der Waals surface area contributed by atoms with Crippen LogP contribution in [0.15, 0.2) is 55.4 Å². The Morgan fingerprint density at radius 3 is 2.57 bits per heavy atom. The summed E-state index contributed by atoms with van der Waals surface area (Å²) in [5.74, 6) is -0.0535. The number of amides is 1. The minimum absolute atomic E-state index is 0.184. The van der Waals surface area contributed by atoms with E-state index in [1.165, 1.54) is 11.3 Å². The molecule has 3 heterocycles. The molecular weight excluding hydrogens is 481 g/mol. The van der Waals surface area contributed by atoms with Crippen molar-refractivity contribution in [3.05, 3.63) is 83.5 Å². The molecule has 37 heavy (non-hydrogen) atoms. The molecule has 0 radical (unpaired) electrons. The molecular formula is C27H31F3N6O. The molecule has 196 valence electrons. The minimum atomic E-state index is -4.59. The first-order valence-corrected chi connectivity index (χ1v) is 12.2. The van der Waals surface area contributed by atoms with Gasteiger partial charge in [-0.15, -0.1) is 0 Å². The number of benzene rings is 1. The van der Waals surface area contributed by atoms with Crippen LogP contribution in [0.1, 0.15) is 66.5 Å². The Morgan fingerprint density at radius 1 is 1.11 bits per heavy atom. The van der Waals surface area contributed by atoms with Gasteiger partial charge in [-0.25, -0.2) is 15.0 Å². The summed E-state index contributed by atoms with van der Waals surface area (Å²) in [5, 5.41) is 2.39. The molecule has 4 rings (SSSR count). The third-order valence-corrected chi connectivity index (χ3v) is 6.16. The van der Waals surface area contributed by atoms with Gasteiger partial charge in [0.1, 0.15) is 17.8 Å². The average molecular weight is 513 g/mol. The van der Waals surface area contributed by atoms with E-state index in [2.05, 4.69) is 46.0 Å². The zero-order valence-electron chi connectivity index (χ0n) is 21.4. The van der Waals surface area contributed by atoms with Gasteiger partial charge in [-0.05, 0) is 55.4 Å². The molecule has 4 aromatic rings. The van der Waals surface area contributed by atoms with E-state index in [4.69, 9.17) is 0 Å². The first kappa shape index (κ1) is 27.8. The maximum absolute atomic E-state index is 12.7. The standard InChI is InChI=1S/C19H22F3N3O.C8H9N3/c1-4-12(2)5-6-14-7-8-15(9-13(14)3)18(26)25-17-10-16(19(20,21)22)23-11-24-17;1-2-7-5-10-8-6-9-3-4-11(7)8/h7-12H,4-6H2,1-3H3,(H,23,24,25,26);3-6H,2H2,1H3. The fraction of sp³-hybridized carbons (Fsp3) is 0.370. The van der Waals surface area contributed by atoms with Gasteiger partial charge in [0.15, 0.2) is 5.65 Å². The lowest BCUT2D eigenvalue weighted by Crippen LogP contribution is -2.15. The Balaban J connectivity index is 0.000000284. The van der Waals surface area contributed by atoms with Crippen molar-refractivity contribution in [3.8, 4) is 0 Å². The molecule has 10 heteroatoms. The van der Waals surface area contributed by atoms with Crippen molar-refractivity contribution in [3.63, 3.8) is 0 Å². The highest BCUT2D eigenvalue weighted by atomic mass is 19.4. The summed E-state index contributed by atoms with van der Waals surface area (Å²) in [6.07, 6.45) is 7.68. The number of hydrogen-bond acceptors (Lipinski definition) is 5. The molecule has 1 amide bonds. The molecule has 0 aliphatic rings. The summed E-state index contributed by atoms with van der Waals surface area (Å²) >= 11 is 0. The number of nitrogens with one attached hydrogen (secondary N) is 1. The molecule has 1 unspecified atom stereocenters. The summed E-state index contributed by atoms with van der Waals surface area (Å²) in [4.78, 5) is 27.3. The van der Waals surface area contributed by atoms with Gasteiger partial charge in [0.2, 0.25) is 0 Å². The Kier molecular flexibility index (Phi) is 9.32. The largest absolute Gasteiger partial charge is 0.433 e. The molecule has 0 aliphatic heterocycles. The highest BCUT2D eigenvalue weighted by Gasteiger charge is 2.33. The number of halogens is 3. The van der Waals surface area contributed by atoms with Crippen LogP contribution in [-0.4, -0.2) is 30.2 Å². The van der Waals surface area contributed by atoms with Crippen molar-refractivity contribution in [2.45, 2.75) is 59.6 Å². The van der Waals surface area contributed by atoms with Crippen LogP contribution in [0.3, 0.4) is 0 Å². The maximum atomic E-state index is 12.7. The van der Waals surface area contributed by atoms with Gasteiger partial charge in [-0.2, -0.15) is 13.2 Å². The van der Waals surface area contributed by atoms with Crippen LogP contribution < -0.4 is 5.32 Å². The molecule has 0 fully saturated rings. The van der Waals surface area contributed by atoms with Gasteiger partial charge < -0.3 is 9.72 Å². The van der Waals surface area contributed by atoms with Gasteiger partial charge >= 0.3 is 6.18 Å². The Hall–Kier alpha value is -3.82. The Bertz CT molecular complexity index is 1340. The van der Waals surface area contributed by atoms with Crippen molar-refractivity contribution < 1.29 is 18.0 Å². The van der Waals surface area contributed by atoms with Crippen molar-refractivity contribution in [1.82, 2.24) is 24.3 Å². The van der Waals surface area contributed by atoms with Crippen LogP contribution in [-0.2, 0) is 19.0 Å². The van der Waals surface area contributed by atoms with Gasteiger partial charge in [0.25, 0.3) is 5.91 Å². The van der Waals surface area contributed by atoms with Crippen LogP contribution in [0, 0.1) is 12.8 Å². The number of anilines is 1. The molecule has 7 nitrogen and oxygen atoms in total. The summed E-state index contributed by atoms with van der Waals surface area (Å²) in [7, 11) is 0. The van der Waals surface area contributed by atoms with Crippen molar-refractivity contribution in [1.29, 1.82) is 0 Å². The molecule has 1 aromatic carbocycles. The number of aromatic nitrogens is 5. The van der Waals surface area contributed by atoms with Gasteiger partial charge in [-0.1, -0.05) is 33.3 Å². The number of carbonyl (C=O) groups excluding carboxylic acids is 1. The van der Waals surface area contributed by atoms with Crippen LogP contribution in [0.4, 0.5) is 19.0 Å². The lowest BCUT2D eigenvalue weighted by molar-refractivity contribution is -0.141. The number of alkyl halides is 3. The van der Waals surface area contributed by atoms with Crippen LogP contribution in [0.5, 0.6) is 0 Å². The van der Waals surface area contributed by atoms with Crippen LogP contribution in [0.25, 0.3) is 5.65 Å². The zero-order valence-corrected chi connectivity index (χ0v) is 21.4. The normalized spacial score (nSPS) is 12.1. The quantitative estimate of drug-likeness (QED) is 0.313. The number of hydrogen-bond donors (Lipinski definition) is 1. The van der Waals surface area contributed by atoms with E-state index in [1.807, 2.05) is 29.8 Å². The van der Waals surface area contributed by atoms with E-state index in [1.54, 1.807) is 24.5 Å². The van der Waals surface area contributed by atoms with Crippen molar-refractivity contribution >= 4 is 17.4 Å². The lowest BCUT2D eigenvalue weighted by Gasteiger charge is -2.12. The summed E-state index contributed by atoms with van der Waals surface area (Å²) in [6.45, 7) is 8.40. The third kappa shape index (κ3) is 7.58. The number of fused-ring (bicyclic) bond motifs is 1. The van der Waals surface area contributed by atoms with E-state index >= 15 is 0 Å². The molecule has 1 atom stereocenters. The number of nitrogens with zero attached hydrogens (tertiary/aromatic N) is 5. The third-order valence-electron chi connectivity index (χ3n) is 6.16. The highest BCUT2D eigenvalue weighted by molar-refractivity contribution is 6.03. The van der Waals surface area contributed by atoms with E-state index in [0.29, 0.717) is 17.5 Å². The van der Waals surface area contributed by atoms with Crippen molar-refractivity contribution in [2.24, 2.45) is 5.92 Å². The van der Waals surface area contributed by atoms with E-state index in [9.17, 15) is 18.0 Å². The summed E-state index contributed by atoms with van der Waals surface area (Å²) < 4.78 is 40.1. The monoisotopic (exact) mass is 512 g/mol. The topological polar surface area (TPSA) is 85.1 Å². The lowest BCUT2D eigenvalue weighted by atomic mass is 9.95. The van der Waals surface area contributed by atoms with Gasteiger partial charge in [0, 0.05) is 35.9 Å². The molecule has 0 aliphatic carbocycles. The number of imidazole rings is 1. The molecule has 1 N–H and O–H groups in total. The smallest absolute Gasteiger partial charge is 0.306 e. The molecule has 0 saturated carbocycles. The van der Waals surface area contributed by atoms with Crippen molar-refractivity contribution in [2.75, 3.05) is 5.32 Å². The van der Waals surface area contributed by atoms with Crippen LogP contribution >= 0.6 is 0 Å². The van der Waals surface area contributed by atoms with E-state index in [0.717, 1.165) is 43.2 Å². The maximum Gasteiger partial charge on any atom is 0.433 e. The fourth-order valence-corrected chi connectivity index (χ4v) is 3.65. The average Bonchev–Trinajstić information content (AvgIpc) is 3.31. The molecule has 3 aromatic heterocycles. The first-order chi connectivity index (χ1) is 17.6. The Labute approximate surface area is 214 Å². The fourth-order valence-electron chi connectivity index (χ4n) is 3.65. The molecule has 0 spiro atoms. The zero-order chi connectivity index (χ0) is 27.0. The van der Waals surface area contributed by atoms with Crippen LogP contribution in [0.2, 0.25) is 0 Å². The second-order valence-corrected chi connectivity index (χ2v) is 8.84. The molecule has 0 saturated heterocycles. The first-order valence-electron chi connectivity index (χ1n) is 12.2. The highest BCUT2D eigenvalue weighted by Crippen LogP contribution is 2.28. The second-order valence-electron chi connectivity index (χ2n) is 8.84. The van der Waals surface area contributed by atoms with E-state index in [-0.39, 0.29) is 5.82 Å². The Morgan fingerprint density at radius 2 is 1.89 bits per heavy atom. The summed E-state index contributed by atoms with van der Waals surface area (Å²) in [6, 6.07) is 6.03. The minimum Gasteiger partial charge on any atom is -0.306 e. The predicted molar refractivity (Wildman–Crippen MR) is 136 cm³/mol. The van der Waals surface area contributed by atoms with Gasteiger partial charge in [-0.3, -0.25) is 9.78 Å². The number of rotatable bonds is 7. The predicted octanol–water partition coefficient (Wildman–Crippen LogP) is 6.33. The number of aryl methyl sites for hydroxylation is 3. The summed E-state index contributed by atoms with van der Waals surface area (Å²) in [5.41, 5.74) is 3.58. The SMILES string of the molecule is CCC(C)CCc1ccc(C(=O)Nc2cc(C(F)(F)F)ncn2)cc1C.CCc1cnc2cnccn12.